The molecule has 0 aliphatic rings. The van der Waals surface area contributed by atoms with Crippen LogP contribution in [0.4, 0.5) is 13.2 Å². The van der Waals surface area contributed by atoms with E-state index in [4.69, 9.17) is 4.52 Å². The average Bonchev–Trinajstić information content (AvgIpc) is 3.20. The molecule has 0 atom stereocenters. The molecular weight excluding hydrogens is 536 g/mol. The molecule has 0 aliphatic carbocycles. The molecule has 0 fully saturated rings. The number of ether oxygens (including phenoxy) is 1. The van der Waals surface area contributed by atoms with Crippen LogP contribution in [0.1, 0.15) is 62.1 Å². The Morgan fingerprint density at radius 3 is 2.34 bits per heavy atom. The van der Waals surface area contributed by atoms with Gasteiger partial charge in [-0.05, 0) is 30.9 Å². The molecule has 32 heavy (non-hydrogen) atoms. The van der Waals surface area contributed by atoms with Gasteiger partial charge in [-0.25, -0.2) is 4.99 Å². The minimum atomic E-state index is -4.31. The van der Waals surface area contributed by atoms with Crippen molar-refractivity contribution in [3.8, 4) is 0 Å². The zero-order valence-electron chi connectivity index (χ0n) is 18.7. The minimum absolute atomic E-state index is 0. The Hall–Kier alpha value is -1.82. The van der Waals surface area contributed by atoms with E-state index in [1.165, 1.54) is 0 Å². The van der Waals surface area contributed by atoms with Crippen LogP contribution in [0, 0.1) is 0 Å². The Morgan fingerprint density at radius 1 is 1.09 bits per heavy atom. The summed E-state index contributed by atoms with van der Waals surface area (Å²) in [6.45, 7) is 6.52. The van der Waals surface area contributed by atoms with Crippen molar-refractivity contribution in [2.45, 2.75) is 65.4 Å². The van der Waals surface area contributed by atoms with Crippen molar-refractivity contribution in [2.24, 2.45) is 4.99 Å². The van der Waals surface area contributed by atoms with Crippen LogP contribution in [-0.4, -0.2) is 30.4 Å². The van der Waals surface area contributed by atoms with E-state index >= 15 is 0 Å². The third-order valence-electron chi connectivity index (χ3n) is 4.73. The number of nitrogens with one attached hydrogen (secondary N) is 2. The van der Waals surface area contributed by atoms with Gasteiger partial charge in [-0.2, -0.15) is 13.2 Å². The smallest absolute Gasteiger partial charge is 0.367 e. The average molecular weight is 568 g/mol. The number of halogens is 4. The van der Waals surface area contributed by atoms with Crippen LogP contribution in [0.15, 0.2) is 39.8 Å². The highest BCUT2D eigenvalue weighted by atomic mass is 127. The van der Waals surface area contributed by atoms with Crippen LogP contribution in [0.25, 0.3) is 0 Å². The van der Waals surface area contributed by atoms with Gasteiger partial charge in [0.05, 0.1) is 25.4 Å². The summed E-state index contributed by atoms with van der Waals surface area (Å²) in [5.41, 5.74) is 2.59. The molecule has 1 aromatic heterocycles. The van der Waals surface area contributed by atoms with Crippen molar-refractivity contribution in [1.82, 2.24) is 15.8 Å². The summed E-state index contributed by atoms with van der Waals surface area (Å²) in [4.78, 5) is 4.55. The highest BCUT2D eigenvalue weighted by Gasteiger charge is 2.27. The topological polar surface area (TPSA) is 71.7 Å². The van der Waals surface area contributed by atoms with E-state index in [-0.39, 0.29) is 30.6 Å². The molecular formula is C22H32F3IN4O2. The summed E-state index contributed by atoms with van der Waals surface area (Å²) in [7, 11) is 0. The summed E-state index contributed by atoms with van der Waals surface area (Å²) in [6, 6.07) is 9.13. The van der Waals surface area contributed by atoms with E-state index in [0.29, 0.717) is 37.1 Å². The second kappa shape index (κ2) is 14.4. The van der Waals surface area contributed by atoms with Crippen molar-refractivity contribution in [3.05, 3.63) is 52.9 Å². The second-order valence-corrected chi connectivity index (χ2v) is 7.20. The van der Waals surface area contributed by atoms with Crippen molar-refractivity contribution in [3.63, 3.8) is 0 Å². The summed E-state index contributed by atoms with van der Waals surface area (Å²) in [6.07, 6.45) is -2.27. The number of rotatable bonds is 11. The molecule has 1 heterocycles. The van der Waals surface area contributed by atoms with Gasteiger partial charge in [0.2, 0.25) is 0 Å². The number of guanidine groups is 1. The summed E-state index contributed by atoms with van der Waals surface area (Å²) >= 11 is 0. The highest BCUT2D eigenvalue weighted by Crippen LogP contribution is 2.22. The van der Waals surface area contributed by atoms with Gasteiger partial charge in [0.15, 0.2) is 11.7 Å². The molecule has 0 bridgehead atoms. The maximum absolute atomic E-state index is 12.1. The highest BCUT2D eigenvalue weighted by molar-refractivity contribution is 14.0. The zero-order valence-corrected chi connectivity index (χ0v) is 21.0. The van der Waals surface area contributed by atoms with Gasteiger partial charge in [-0.3, -0.25) is 0 Å². The van der Waals surface area contributed by atoms with Crippen molar-refractivity contribution >= 4 is 29.9 Å². The van der Waals surface area contributed by atoms with Crippen LogP contribution in [-0.2, 0) is 24.4 Å². The molecule has 0 aliphatic heterocycles. The van der Waals surface area contributed by atoms with E-state index in [1.807, 2.05) is 25.1 Å². The van der Waals surface area contributed by atoms with Crippen molar-refractivity contribution < 1.29 is 22.4 Å². The van der Waals surface area contributed by atoms with E-state index in [1.54, 1.807) is 12.1 Å². The monoisotopic (exact) mass is 568 g/mol. The Bertz CT molecular complexity index is 806. The number of benzene rings is 1. The first kappa shape index (κ1) is 28.2. The first-order valence-electron chi connectivity index (χ1n) is 10.5. The normalized spacial score (nSPS) is 12.0. The number of aromatic nitrogens is 1. The standard InChI is InChI=1S/C22H31F3N4O2.HI/c1-4-18(5-2)20-11-19(31-29-20)13-28-21(26-6-3)27-12-16-7-9-17(10-8-16)14-30-15-22(23,24)25;/h7-11,18H,4-6,12-15H2,1-3H3,(H2,26,27,28);1H. The van der Waals surface area contributed by atoms with Gasteiger partial charge < -0.3 is 19.9 Å². The number of aliphatic imine (C=N–C) groups is 1. The number of hydrogen-bond acceptors (Lipinski definition) is 4. The predicted molar refractivity (Wildman–Crippen MR) is 129 cm³/mol. The number of hydrogen-bond donors (Lipinski definition) is 2. The van der Waals surface area contributed by atoms with Crippen LogP contribution in [0.2, 0.25) is 0 Å². The van der Waals surface area contributed by atoms with Crippen molar-refractivity contribution in [1.29, 1.82) is 0 Å². The van der Waals surface area contributed by atoms with Gasteiger partial charge in [-0.1, -0.05) is 43.3 Å². The molecule has 180 valence electrons. The molecule has 0 amide bonds. The third-order valence-corrected chi connectivity index (χ3v) is 4.73. The molecule has 0 spiro atoms. The summed E-state index contributed by atoms with van der Waals surface area (Å²) in [5.74, 6) is 1.79. The van der Waals surface area contributed by atoms with E-state index in [9.17, 15) is 13.2 Å². The van der Waals surface area contributed by atoms with Gasteiger partial charge in [0.1, 0.15) is 6.61 Å². The Balaban J connectivity index is 0.00000512. The predicted octanol–water partition coefficient (Wildman–Crippen LogP) is 5.53. The maximum atomic E-state index is 12.1. The third kappa shape index (κ3) is 10.2. The van der Waals surface area contributed by atoms with Gasteiger partial charge in [0.25, 0.3) is 0 Å². The minimum Gasteiger partial charge on any atom is -0.367 e. The molecule has 0 saturated carbocycles. The molecule has 2 N–H and O–H groups in total. The SMILES string of the molecule is CCNC(=NCc1ccc(COCC(F)(F)F)cc1)NCc1cc(C(CC)CC)no1.I. The number of nitrogens with zero attached hydrogens (tertiary/aromatic N) is 2. The van der Waals surface area contributed by atoms with Crippen LogP contribution in [0.5, 0.6) is 0 Å². The molecule has 2 rings (SSSR count). The van der Waals surface area contributed by atoms with Crippen molar-refractivity contribution in [2.75, 3.05) is 13.2 Å². The first-order valence-corrected chi connectivity index (χ1v) is 10.5. The quantitative estimate of drug-likeness (QED) is 0.212. The largest absolute Gasteiger partial charge is 0.411 e. The van der Waals surface area contributed by atoms with Gasteiger partial charge >= 0.3 is 6.18 Å². The number of alkyl halides is 3. The molecule has 6 nitrogen and oxygen atoms in total. The summed E-state index contributed by atoms with van der Waals surface area (Å²) in [5, 5.41) is 10.6. The maximum Gasteiger partial charge on any atom is 0.411 e. The molecule has 0 saturated heterocycles. The molecule has 0 radical (unpaired) electrons. The molecule has 0 unspecified atom stereocenters. The van der Waals surface area contributed by atoms with Crippen LogP contribution < -0.4 is 10.6 Å². The lowest BCUT2D eigenvalue weighted by atomic mass is 9.99. The van der Waals surface area contributed by atoms with Crippen LogP contribution in [0.3, 0.4) is 0 Å². The fraction of sp³-hybridized carbons (Fsp3) is 0.545. The Kier molecular flexibility index (Phi) is 12.7. The van der Waals surface area contributed by atoms with E-state index in [0.717, 1.165) is 29.9 Å². The lowest BCUT2D eigenvalue weighted by Crippen LogP contribution is -2.36. The first-order chi connectivity index (χ1) is 14.8. The molecule has 1 aromatic carbocycles. The van der Waals surface area contributed by atoms with Crippen LogP contribution >= 0.6 is 24.0 Å². The molecule has 2 aromatic rings. The lowest BCUT2D eigenvalue weighted by molar-refractivity contribution is -0.176. The van der Waals surface area contributed by atoms with E-state index in [2.05, 4.69) is 39.4 Å². The fourth-order valence-corrected chi connectivity index (χ4v) is 3.02. The lowest BCUT2D eigenvalue weighted by Gasteiger charge is -2.10. The summed E-state index contributed by atoms with van der Waals surface area (Å²) < 4.78 is 46.5. The molecule has 10 heteroatoms. The van der Waals surface area contributed by atoms with Gasteiger partial charge in [-0.15, -0.1) is 24.0 Å². The fourth-order valence-electron chi connectivity index (χ4n) is 3.02. The second-order valence-electron chi connectivity index (χ2n) is 7.20. The zero-order chi connectivity index (χ0) is 22.7. The Labute approximate surface area is 204 Å². The van der Waals surface area contributed by atoms with Gasteiger partial charge in [0, 0.05) is 18.5 Å². The Morgan fingerprint density at radius 2 is 1.75 bits per heavy atom. The van der Waals surface area contributed by atoms with E-state index < -0.39 is 12.8 Å².